The van der Waals surface area contributed by atoms with E-state index in [0.717, 1.165) is 12.8 Å². The molecule has 3 aliphatic rings. The molecule has 2 heterocycles. The summed E-state index contributed by atoms with van der Waals surface area (Å²) in [6.45, 7) is 9.55. The van der Waals surface area contributed by atoms with Crippen molar-refractivity contribution in [2.75, 3.05) is 15.1 Å². The van der Waals surface area contributed by atoms with Gasteiger partial charge in [-0.3, -0.25) is 0 Å². The van der Waals surface area contributed by atoms with Crippen LogP contribution in [-0.4, -0.2) is 13.1 Å². The standard InChI is InChI=1S/C39H39IN2/c1-38(2)34(41(5)32-21-19-28-13-6-8-15-30(28)36(32)38)23-17-26-11-10-12-27(25-26)18-24-35-39(3,4)37-31-16-9-7-14-29(31)20-22-33(37)42(35)40/h6-9,13-25,35H,10-12H2,1-5H3/b24-18+,26-17+,34-23+/t35-/m1/s1. The highest BCUT2D eigenvalue weighted by Gasteiger charge is 2.44. The number of anilines is 2. The van der Waals surface area contributed by atoms with Crippen LogP contribution in [0.4, 0.5) is 11.4 Å². The van der Waals surface area contributed by atoms with E-state index in [2.05, 4.69) is 169 Å². The molecule has 0 fully saturated rings. The molecule has 0 amide bonds. The zero-order valence-corrected chi connectivity index (χ0v) is 27.4. The number of allylic oxidation sites excluding steroid dienone is 7. The predicted molar refractivity (Wildman–Crippen MR) is 190 cm³/mol. The molecule has 0 unspecified atom stereocenters. The van der Waals surface area contributed by atoms with E-state index >= 15 is 0 Å². The second-order valence-corrected chi connectivity index (χ2v) is 14.3. The Morgan fingerprint density at radius 1 is 0.762 bits per heavy atom. The molecule has 2 aliphatic heterocycles. The first-order valence-electron chi connectivity index (χ1n) is 15.2. The first-order valence-corrected chi connectivity index (χ1v) is 16.2. The molecular formula is C39H39IN2. The normalized spacial score (nSPS) is 22.9. The van der Waals surface area contributed by atoms with E-state index in [-0.39, 0.29) is 10.8 Å². The number of halogens is 1. The summed E-state index contributed by atoms with van der Waals surface area (Å²) in [5.74, 6) is 0. The van der Waals surface area contributed by atoms with Crippen molar-refractivity contribution in [3.05, 3.63) is 131 Å². The van der Waals surface area contributed by atoms with Gasteiger partial charge in [-0.2, -0.15) is 0 Å². The maximum Gasteiger partial charge on any atom is 0.0668 e. The van der Waals surface area contributed by atoms with Gasteiger partial charge in [0, 0.05) is 29.3 Å². The molecule has 42 heavy (non-hydrogen) atoms. The van der Waals surface area contributed by atoms with Gasteiger partial charge < -0.3 is 8.01 Å². The van der Waals surface area contributed by atoms with Gasteiger partial charge >= 0.3 is 0 Å². The van der Waals surface area contributed by atoms with E-state index in [9.17, 15) is 0 Å². The van der Waals surface area contributed by atoms with Gasteiger partial charge in [0.2, 0.25) is 0 Å². The fourth-order valence-electron chi connectivity index (χ4n) is 7.75. The van der Waals surface area contributed by atoms with Crippen LogP contribution in [0, 0.1) is 0 Å². The van der Waals surface area contributed by atoms with Crippen molar-refractivity contribution < 1.29 is 0 Å². The lowest BCUT2D eigenvalue weighted by molar-refractivity contribution is 0.511. The first kappa shape index (κ1) is 27.5. The topological polar surface area (TPSA) is 6.48 Å². The highest BCUT2D eigenvalue weighted by molar-refractivity contribution is 14.1. The van der Waals surface area contributed by atoms with Crippen molar-refractivity contribution in [1.29, 1.82) is 0 Å². The molecule has 1 aliphatic carbocycles. The molecule has 0 bridgehead atoms. The summed E-state index contributed by atoms with van der Waals surface area (Å²) in [4.78, 5) is 2.39. The van der Waals surface area contributed by atoms with Crippen molar-refractivity contribution in [3.63, 3.8) is 0 Å². The van der Waals surface area contributed by atoms with Crippen LogP contribution in [0.1, 0.15) is 58.1 Å². The van der Waals surface area contributed by atoms with Crippen molar-refractivity contribution >= 4 is 55.8 Å². The lowest BCUT2D eigenvalue weighted by Gasteiger charge is -2.29. The van der Waals surface area contributed by atoms with Crippen molar-refractivity contribution in [1.82, 2.24) is 0 Å². The number of likely N-dealkylation sites (N-methyl/N-ethyl adjacent to an activating group) is 1. The third-order valence-electron chi connectivity index (χ3n) is 9.91. The van der Waals surface area contributed by atoms with E-state index in [4.69, 9.17) is 0 Å². The van der Waals surface area contributed by atoms with E-state index in [1.807, 2.05) is 0 Å². The molecule has 0 saturated heterocycles. The molecule has 4 aromatic carbocycles. The second kappa shape index (κ2) is 10.2. The molecule has 0 spiro atoms. The summed E-state index contributed by atoms with van der Waals surface area (Å²) in [7, 11) is 2.22. The lowest BCUT2D eigenvalue weighted by atomic mass is 9.78. The molecule has 0 aromatic heterocycles. The zero-order valence-electron chi connectivity index (χ0n) is 25.3. The minimum Gasteiger partial charge on any atom is -0.347 e. The average Bonchev–Trinajstić information content (AvgIpc) is 3.32. The maximum absolute atomic E-state index is 2.53. The molecule has 7 rings (SSSR count). The Bertz CT molecular complexity index is 1850. The van der Waals surface area contributed by atoms with Crippen LogP contribution in [0.2, 0.25) is 0 Å². The fraction of sp³-hybridized carbons (Fsp3) is 0.282. The smallest absolute Gasteiger partial charge is 0.0668 e. The van der Waals surface area contributed by atoms with Crippen LogP contribution < -0.4 is 8.01 Å². The van der Waals surface area contributed by atoms with Crippen molar-refractivity contribution in [3.8, 4) is 0 Å². The molecule has 1 atom stereocenters. The monoisotopic (exact) mass is 662 g/mol. The predicted octanol–water partition coefficient (Wildman–Crippen LogP) is 10.7. The van der Waals surface area contributed by atoms with Gasteiger partial charge in [0.25, 0.3) is 0 Å². The third-order valence-corrected chi connectivity index (χ3v) is 11.0. The molecule has 212 valence electrons. The summed E-state index contributed by atoms with van der Waals surface area (Å²) in [6.07, 6.45) is 15.5. The largest absolute Gasteiger partial charge is 0.347 e. The Kier molecular flexibility index (Phi) is 6.65. The van der Waals surface area contributed by atoms with Gasteiger partial charge in [-0.1, -0.05) is 113 Å². The average molecular weight is 663 g/mol. The molecule has 0 N–H and O–H groups in total. The minimum absolute atomic E-state index is 0.0179. The van der Waals surface area contributed by atoms with Gasteiger partial charge in [-0.05, 0) is 81.3 Å². The SMILES string of the molecule is CN1/C(=C/C=C2C=C(/C=C/[C@H]3N(I)c4ccc5ccccc5c4C3(C)C)CCC/2)C(C)(C)c2c1ccc1ccccc21. The van der Waals surface area contributed by atoms with Crippen LogP contribution in [0.5, 0.6) is 0 Å². The fourth-order valence-corrected chi connectivity index (χ4v) is 9.03. The minimum atomic E-state index is -0.0555. The van der Waals surface area contributed by atoms with Gasteiger partial charge in [-0.25, -0.2) is 0 Å². The number of hydrogen-bond acceptors (Lipinski definition) is 2. The van der Waals surface area contributed by atoms with Gasteiger partial charge in [-0.15, -0.1) is 0 Å². The number of hydrogen-bond donors (Lipinski definition) is 0. The summed E-state index contributed by atoms with van der Waals surface area (Å²) in [5, 5.41) is 5.38. The van der Waals surface area contributed by atoms with Crippen molar-refractivity contribution in [2.45, 2.75) is 63.8 Å². The van der Waals surface area contributed by atoms with E-state index < -0.39 is 0 Å². The first-order chi connectivity index (χ1) is 20.2. The Morgan fingerprint density at radius 2 is 1.40 bits per heavy atom. The maximum atomic E-state index is 2.53. The van der Waals surface area contributed by atoms with Gasteiger partial charge in [0.1, 0.15) is 0 Å². The van der Waals surface area contributed by atoms with Gasteiger partial charge in [0.15, 0.2) is 0 Å². The number of fused-ring (bicyclic) bond motifs is 6. The highest BCUT2D eigenvalue weighted by Crippen LogP contribution is 2.51. The highest BCUT2D eigenvalue weighted by atomic mass is 127. The van der Waals surface area contributed by atoms with Crippen molar-refractivity contribution in [2.24, 2.45) is 0 Å². The van der Waals surface area contributed by atoms with E-state index in [0.29, 0.717) is 6.04 Å². The summed E-state index contributed by atoms with van der Waals surface area (Å²) < 4.78 is 2.44. The van der Waals surface area contributed by atoms with E-state index in [1.165, 1.54) is 67.3 Å². The zero-order chi connectivity index (χ0) is 29.2. The van der Waals surface area contributed by atoms with E-state index in [1.54, 1.807) is 0 Å². The quantitative estimate of drug-likeness (QED) is 0.159. The number of nitrogens with zero attached hydrogens (tertiary/aromatic N) is 2. The molecule has 0 saturated carbocycles. The number of benzene rings is 4. The van der Waals surface area contributed by atoms with Crippen LogP contribution in [0.15, 0.2) is 120 Å². The summed E-state index contributed by atoms with van der Waals surface area (Å²) in [6, 6.07) is 27.0. The Hall–Kier alpha value is -3.31. The second-order valence-electron chi connectivity index (χ2n) is 13.2. The molecular weight excluding hydrogens is 623 g/mol. The van der Waals surface area contributed by atoms with Crippen LogP contribution in [0.25, 0.3) is 21.5 Å². The Morgan fingerprint density at radius 3 is 2.12 bits per heavy atom. The van der Waals surface area contributed by atoms with Crippen LogP contribution >= 0.6 is 22.9 Å². The van der Waals surface area contributed by atoms with Crippen LogP contribution in [-0.2, 0) is 10.8 Å². The molecule has 0 radical (unpaired) electrons. The Labute approximate surface area is 264 Å². The van der Waals surface area contributed by atoms with Gasteiger partial charge in [0.05, 0.1) is 34.6 Å². The molecule has 2 nitrogen and oxygen atoms in total. The summed E-state index contributed by atoms with van der Waals surface area (Å²) in [5.41, 5.74) is 9.74. The molecule has 4 aromatic rings. The third kappa shape index (κ3) is 4.26. The Balaban J connectivity index is 1.17. The number of rotatable bonds is 3. The lowest BCUT2D eigenvalue weighted by Crippen LogP contribution is -2.34. The van der Waals surface area contributed by atoms with Crippen LogP contribution in [0.3, 0.4) is 0 Å². The summed E-state index contributed by atoms with van der Waals surface area (Å²) >= 11 is 2.53. The molecule has 3 heteroatoms.